The number of anilines is 2. The van der Waals surface area contributed by atoms with Crippen LogP contribution in [0.25, 0.3) is 10.7 Å². The number of nitrogens with one attached hydrogen (secondary N) is 1. The maximum absolute atomic E-state index is 8.99. The Morgan fingerprint density at radius 1 is 1.04 bits per heavy atom. The SMILES string of the molecule is N#Cc1cccc(COc2cccc(Nc3nccc(-c4nccs4)n3)c2)c1. The van der Waals surface area contributed by atoms with Crippen molar-refractivity contribution < 1.29 is 4.74 Å². The van der Waals surface area contributed by atoms with Crippen molar-refractivity contribution in [3.63, 3.8) is 0 Å². The molecule has 2 aromatic heterocycles. The van der Waals surface area contributed by atoms with Gasteiger partial charge in [-0.15, -0.1) is 11.3 Å². The van der Waals surface area contributed by atoms with Gasteiger partial charge in [0.15, 0.2) is 0 Å². The Morgan fingerprint density at radius 2 is 1.96 bits per heavy atom. The average Bonchev–Trinajstić information content (AvgIpc) is 3.28. The lowest BCUT2D eigenvalue weighted by Crippen LogP contribution is -1.99. The Morgan fingerprint density at radius 3 is 2.82 bits per heavy atom. The summed E-state index contributed by atoms with van der Waals surface area (Å²) in [6.45, 7) is 0.384. The molecular weight excluding hydrogens is 370 g/mol. The highest BCUT2D eigenvalue weighted by Crippen LogP contribution is 2.23. The third kappa shape index (κ3) is 4.31. The van der Waals surface area contributed by atoms with E-state index in [0.29, 0.717) is 23.9 Å². The quantitative estimate of drug-likeness (QED) is 0.513. The molecule has 0 aliphatic carbocycles. The molecule has 0 saturated heterocycles. The molecule has 0 bridgehead atoms. The first-order valence-electron chi connectivity index (χ1n) is 8.52. The molecule has 136 valence electrons. The molecule has 1 N–H and O–H groups in total. The summed E-state index contributed by atoms with van der Waals surface area (Å²) in [6, 6.07) is 18.9. The van der Waals surface area contributed by atoms with Crippen LogP contribution >= 0.6 is 11.3 Å². The highest BCUT2D eigenvalue weighted by molar-refractivity contribution is 7.13. The number of thiazole rings is 1. The van der Waals surface area contributed by atoms with E-state index in [-0.39, 0.29) is 0 Å². The summed E-state index contributed by atoms with van der Waals surface area (Å²) < 4.78 is 5.85. The Bertz CT molecular complexity index is 1120. The number of hydrogen-bond acceptors (Lipinski definition) is 7. The summed E-state index contributed by atoms with van der Waals surface area (Å²) in [7, 11) is 0. The van der Waals surface area contributed by atoms with Gasteiger partial charge >= 0.3 is 0 Å². The summed E-state index contributed by atoms with van der Waals surface area (Å²) >= 11 is 1.53. The number of ether oxygens (including phenoxy) is 1. The number of benzene rings is 2. The van der Waals surface area contributed by atoms with Gasteiger partial charge in [-0.3, -0.25) is 0 Å². The number of nitriles is 1. The molecule has 0 aliphatic heterocycles. The van der Waals surface area contributed by atoms with Crippen molar-refractivity contribution in [1.82, 2.24) is 15.0 Å². The second-order valence-electron chi connectivity index (χ2n) is 5.86. The lowest BCUT2D eigenvalue weighted by Gasteiger charge is -2.10. The number of hydrogen-bond donors (Lipinski definition) is 1. The molecule has 0 amide bonds. The van der Waals surface area contributed by atoms with E-state index in [0.717, 1.165) is 22.0 Å². The van der Waals surface area contributed by atoms with Crippen molar-refractivity contribution in [3.8, 4) is 22.5 Å². The zero-order valence-electron chi connectivity index (χ0n) is 14.7. The van der Waals surface area contributed by atoms with Crippen molar-refractivity contribution in [2.75, 3.05) is 5.32 Å². The number of aromatic nitrogens is 3. The smallest absolute Gasteiger partial charge is 0.227 e. The molecule has 4 aromatic rings. The second-order valence-corrected chi connectivity index (χ2v) is 6.75. The van der Waals surface area contributed by atoms with Crippen LogP contribution in [0.5, 0.6) is 5.75 Å². The number of rotatable bonds is 6. The molecule has 6 nitrogen and oxygen atoms in total. The minimum Gasteiger partial charge on any atom is -0.489 e. The van der Waals surface area contributed by atoms with Gasteiger partial charge < -0.3 is 10.1 Å². The summed E-state index contributed by atoms with van der Waals surface area (Å²) in [4.78, 5) is 13.1. The molecule has 0 fully saturated rings. The Balaban J connectivity index is 1.45. The minimum absolute atomic E-state index is 0.384. The van der Waals surface area contributed by atoms with Crippen LogP contribution in [0.15, 0.2) is 72.4 Å². The summed E-state index contributed by atoms with van der Waals surface area (Å²) in [6.07, 6.45) is 3.46. The highest BCUT2D eigenvalue weighted by atomic mass is 32.1. The van der Waals surface area contributed by atoms with Gasteiger partial charge in [-0.25, -0.2) is 15.0 Å². The third-order valence-corrected chi connectivity index (χ3v) is 4.65. The fourth-order valence-electron chi connectivity index (χ4n) is 2.58. The molecule has 0 radical (unpaired) electrons. The highest BCUT2D eigenvalue weighted by Gasteiger charge is 2.06. The van der Waals surface area contributed by atoms with E-state index in [1.54, 1.807) is 18.5 Å². The molecule has 28 heavy (non-hydrogen) atoms. The lowest BCUT2D eigenvalue weighted by atomic mass is 10.1. The fourth-order valence-corrected chi connectivity index (χ4v) is 3.18. The van der Waals surface area contributed by atoms with Gasteiger partial charge in [-0.1, -0.05) is 18.2 Å². The van der Waals surface area contributed by atoms with E-state index < -0.39 is 0 Å². The monoisotopic (exact) mass is 385 g/mol. The standard InChI is InChI=1S/C21H15N5OS/c22-13-15-3-1-4-16(11-15)14-27-18-6-2-5-17(12-18)25-21-24-8-7-19(26-21)20-23-9-10-28-20/h1-12H,14H2,(H,24,25,26). The molecule has 0 unspecified atom stereocenters. The molecule has 2 aromatic carbocycles. The van der Waals surface area contributed by atoms with E-state index in [2.05, 4.69) is 26.3 Å². The van der Waals surface area contributed by atoms with Crippen LogP contribution in [0.3, 0.4) is 0 Å². The van der Waals surface area contributed by atoms with Gasteiger partial charge in [0.05, 0.1) is 11.6 Å². The minimum atomic E-state index is 0.384. The van der Waals surface area contributed by atoms with Crippen molar-refractivity contribution in [2.24, 2.45) is 0 Å². The van der Waals surface area contributed by atoms with Gasteiger partial charge in [0.25, 0.3) is 0 Å². The first-order valence-corrected chi connectivity index (χ1v) is 9.40. The van der Waals surface area contributed by atoms with Crippen LogP contribution in [0.1, 0.15) is 11.1 Å². The second kappa shape index (κ2) is 8.29. The maximum atomic E-state index is 8.99. The Hall–Kier alpha value is -3.76. The molecule has 0 atom stereocenters. The van der Waals surface area contributed by atoms with Crippen molar-refractivity contribution in [1.29, 1.82) is 5.26 Å². The average molecular weight is 385 g/mol. The van der Waals surface area contributed by atoms with E-state index in [1.807, 2.05) is 53.9 Å². The molecular formula is C21H15N5OS. The topological polar surface area (TPSA) is 83.7 Å². The van der Waals surface area contributed by atoms with E-state index in [4.69, 9.17) is 10.00 Å². The molecule has 0 spiro atoms. The van der Waals surface area contributed by atoms with E-state index in [1.165, 1.54) is 11.3 Å². The van der Waals surface area contributed by atoms with Gasteiger partial charge in [0, 0.05) is 29.5 Å². The van der Waals surface area contributed by atoms with Crippen molar-refractivity contribution in [2.45, 2.75) is 6.61 Å². The predicted octanol–water partition coefficient (Wildman–Crippen LogP) is 4.79. The zero-order valence-corrected chi connectivity index (χ0v) is 15.6. The van der Waals surface area contributed by atoms with Gasteiger partial charge in [0.2, 0.25) is 5.95 Å². The first-order chi connectivity index (χ1) is 13.8. The van der Waals surface area contributed by atoms with Crippen LogP contribution in [-0.4, -0.2) is 15.0 Å². The van der Waals surface area contributed by atoms with Crippen LogP contribution in [-0.2, 0) is 6.61 Å². The molecule has 2 heterocycles. The lowest BCUT2D eigenvalue weighted by molar-refractivity contribution is 0.306. The third-order valence-electron chi connectivity index (χ3n) is 3.86. The van der Waals surface area contributed by atoms with Crippen molar-refractivity contribution in [3.05, 3.63) is 83.5 Å². The maximum Gasteiger partial charge on any atom is 0.227 e. The summed E-state index contributed by atoms with van der Waals surface area (Å²) in [5.41, 5.74) is 3.16. The van der Waals surface area contributed by atoms with Gasteiger partial charge in [-0.05, 0) is 35.9 Å². The van der Waals surface area contributed by atoms with E-state index >= 15 is 0 Å². The summed E-state index contributed by atoms with van der Waals surface area (Å²) in [5, 5.41) is 14.9. The largest absolute Gasteiger partial charge is 0.489 e. The molecule has 0 aliphatic rings. The zero-order chi connectivity index (χ0) is 19.2. The van der Waals surface area contributed by atoms with Gasteiger partial charge in [-0.2, -0.15) is 5.26 Å². The number of nitrogens with zero attached hydrogens (tertiary/aromatic N) is 4. The van der Waals surface area contributed by atoms with Crippen LogP contribution in [0.4, 0.5) is 11.6 Å². The van der Waals surface area contributed by atoms with E-state index in [9.17, 15) is 0 Å². The van der Waals surface area contributed by atoms with Crippen molar-refractivity contribution >= 4 is 23.0 Å². The van der Waals surface area contributed by atoms with Crippen LogP contribution in [0.2, 0.25) is 0 Å². The molecule has 7 heteroatoms. The predicted molar refractivity (Wildman–Crippen MR) is 108 cm³/mol. The normalized spacial score (nSPS) is 10.2. The molecule has 0 saturated carbocycles. The summed E-state index contributed by atoms with van der Waals surface area (Å²) in [5.74, 6) is 1.20. The van der Waals surface area contributed by atoms with Crippen LogP contribution in [0, 0.1) is 11.3 Å². The Kier molecular flexibility index (Phi) is 5.22. The molecule has 4 rings (SSSR count). The fraction of sp³-hybridized carbons (Fsp3) is 0.0476. The van der Waals surface area contributed by atoms with Crippen LogP contribution < -0.4 is 10.1 Å². The Labute approximate surface area is 166 Å². The van der Waals surface area contributed by atoms with Gasteiger partial charge in [0.1, 0.15) is 23.1 Å². The first kappa shape index (κ1) is 17.6.